The van der Waals surface area contributed by atoms with Crippen molar-refractivity contribution >= 4 is 5.97 Å². The highest BCUT2D eigenvalue weighted by molar-refractivity contribution is 5.81. The Morgan fingerprint density at radius 2 is 1.27 bits per heavy atom. The first kappa shape index (κ1) is 27.4. The molecule has 192 valence electrons. The molecular formula is C32H34O5. The SMILES string of the molecule is C=CC(=O)OCCCOc1ccc(OCOc2ccc(C#Cc3ccc(CCCCC)cc3)cc2)cc1. The van der Waals surface area contributed by atoms with E-state index in [0.29, 0.717) is 36.9 Å². The summed E-state index contributed by atoms with van der Waals surface area (Å²) in [5.74, 6) is 8.09. The molecule has 0 radical (unpaired) electrons. The standard InChI is InChI=1S/C32H34O5/c1-3-5-6-8-26-9-11-27(12-10-26)13-14-28-15-17-30(18-16-28)36-25-37-31-21-19-29(20-22-31)34-23-7-24-35-32(33)4-2/h4,9-12,15-22H,2-3,5-8,23-25H2,1H3. The van der Waals surface area contributed by atoms with E-state index in [2.05, 4.69) is 49.6 Å². The predicted octanol–water partition coefficient (Wildman–Crippen LogP) is 6.73. The molecule has 0 aromatic heterocycles. The molecule has 0 aliphatic carbocycles. The van der Waals surface area contributed by atoms with Crippen molar-refractivity contribution in [1.29, 1.82) is 0 Å². The minimum absolute atomic E-state index is 0.0878. The molecular weight excluding hydrogens is 464 g/mol. The number of benzene rings is 3. The van der Waals surface area contributed by atoms with Gasteiger partial charge in [-0.15, -0.1) is 0 Å². The summed E-state index contributed by atoms with van der Waals surface area (Å²) in [7, 11) is 0. The fourth-order valence-electron chi connectivity index (χ4n) is 3.39. The van der Waals surface area contributed by atoms with Crippen LogP contribution >= 0.6 is 0 Å². The van der Waals surface area contributed by atoms with Crippen LogP contribution in [0.15, 0.2) is 85.5 Å². The second kappa shape index (κ2) is 15.7. The van der Waals surface area contributed by atoms with Crippen LogP contribution in [0, 0.1) is 11.8 Å². The summed E-state index contributed by atoms with van der Waals surface area (Å²) in [6, 6.07) is 23.4. The first-order valence-corrected chi connectivity index (χ1v) is 12.6. The Morgan fingerprint density at radius 1 is 0.730 bits per heavy atom. The molecule has 0 spiro atoms. The number of esters is 1. The first-order valence-electron chi connectivity index (χ1n) is 12.6. The van der Waals surface area contributed by atoms with Crippen LogP contribution in [0.1, 0.15) is 49.3 Å². The largest absolute Gasteiger partial charge is 0.493 e. The minimum atomic E-state index is -0.428. The lowest BCUT2D eigenvalue weighted by atomic mass is 10.1. The molecule has 0 bridgehead atoms. The molecule has 3 rings (SSSR count). The van der Waals surface area contributed by atoms with E-state index >= 15 is 0 Å². The van der Waals surface area contributed by atoms with E-state index in [1.54, 1.807) is 0 Å². The average molecular weight is 499 g/mol. The molecule has 0 amide bonds. The highest BCUT2D eigenvalue weighted by Crippen LogP contribution is 2.19. The van der Waals surface area contributed by atoms with Crippen LogP contribution in [0.3, 0.4) is 0 Å². The van der Waals surface area contributed by atoms with E-state index in [0.717, 1.165) is 23.6 Å². The highest BCUT2D eigenvalue weighted by atomic mass is 16.7. The fourth-order valence-corrected chi connectivity index (χ4v) is 3.39. The molecule has 5 nitrogen and oxygen atoms in total. The van der Waals surface area contributed by atoms with Crippen molar-refractivity contribution in [2.45, 2.75) is 39.0 Å². The second-order valence-corrected chi connectivity index (χ2v) is 8.38. The molecule has 3 aromatic carbocycles. The molecule has 0 unspecified atom stereocenters. The van der Waals surface area contributed by atoms with Crippen molar-refractivity contribution in [3.63, 3.8) is 0 Å². The van der Waals surface area contributed by atoms with Gasteiger partial charge >= 0.3 is 5.97 Å². The van der Waals surface area contributed by atoms with Crippen LogP contribution < -0.4 is 14.2 Å². The van der Waals surface area contributed by atoms with Crippen LogP contribution in [-0.2, 0) is 16.0 Å². The quantitative estimate of drug-likeness (QED) is 0.0811. The zero-order chi connectivity index (χ0) is 26.1. The van der Waals surface area contributed by atoms with Crippen molar-refractivity contribution in [2.75, 3.05) is 20.0 Å². The van der Waals surface area contributed by atoms with Crippen LogP contribution in [0.5, 0.6) is 17.2 Å². The Hall–Kier alpha value is -4.17. The van der Waals surface area contributed by atoms with Crippen LogP contribution in [0.25, 0.3) is 0 Å². The molecule has 0 aliphatic rings. The molecule has 0 fully saturated rings. The van der Waals surface area contributed by atoms with Gasteiger partial charge in [0.2, 0.25) is 6.79 Å². The van der Waals surface area contributed by atoms with Gasteiger partial charge < -0.3 is 18.9 Å². The maximum absolute atomic E-state index is 11.0. The molecule has 0 N–H and O–H groups in total. The topological polar surface area (TPSA) is 54.0 Å². The van der Waals surface area contributed by atoms with Crippen molar-refractivity contribution in [3.8, 4) is 29.1 Å². The molecule has 3 aromatic rings. The third kappa shape index (κ3) is 10.5. The normalized spacial score (nSPS) is 10.1. The summed E-state index contributed by atoms with van der Waals surface area (Å²) in [6.07, 6.45) is 6.62. The third-order valence-electron chi connectivity index (χ3n) is 5.47. The summed E-state index contributed by atoms with van der Waals surface area (Å²) in [6.45, 7) is 6.40. The van der Waals surface area contributed by atoms with E-state index in [9.17, 15) is 4.79 Å². The average Bonchev–Trinajstić information content (AvgIpc) is 2.94. The lowest BCUT2D eigenvalue weighted by Gasteiger charge is -2.10. The van der Waals surface area contributed by atoms with Crippen molar-refractivity contribution in [1.82, 2.24) is 0 Å². The van der Waals surface area contributed by atoms with Crippen molar-refractivity contribution < 1.29 is 23.7 Å². The zero-order valence-corrected chi connectivity index (χ0v) is 21.4. The van der Waals surface area contributed by atoms with E-state index in [1.807, 2.05) is 48.5 Å². The van der Waals surface area contributed by atoms with Gasteiger partial charge in [0.25, 0.3) is 0 Å². The Bertz CT molecular complexity index is 1150. The lowest BCUT2D eigenvalue weighted by molar-refractivity contribution is -0.137. The molecule has 0 aliphatic heterocycles. The van der Waals surface area contributed by atoms with Gasteiger partial charge in [-0.3, -0.25) is 0 Å². The number of aryl methyl sites for hydroxylation is 1. The number of ether oxygens (including phenoxy) is 4. The van der Waals surface area contributed by atoms with E-state index < -0.39 is 5.97 Å². The summed E-state index contributed by atoms with van der Waals surface area (Å²) in [5, 5.41) is 0. The first-order chi connectivity index (χ1) is 18.2. The van der Waals surface area contributed by atoms with Gasteiger partial charge in [0.1, 0.15) is 17.2 Å². The van der Waals surface area contributed by atoms with Crippen molar-refractivity contribution in [3.05, 3.63) is 102 Å². The monoisotopic (exact) mass is 498 g/mol. The van der Waals surface area contributed by atoms with Gasteiger partial charge in [0, 0.05) is 23.6 Å². The van der Waals surface area contributed by atoms with Crippen molar-refractivity contribution in [2.24, 2.45) is 0 Å². The van der Waals surface area contributed by atoms with E-state index in [4.69, 9.17) is 18.9 Å². The summed E-state index contributed by atoms with van der Waals surface area (Å²) >= 11 is 0. The number of unbranched alkanes of at least 4 members (excludes halogenated alkanes) is 2. The number of rotatable bonds is 14. The number of hydrogen-bond donors (Lipinski definition) is 0. The molecule has 5 heteroatoms. The van der Waals surface area contributed by atoms with E-state index in [1.165, 1.54) is 24.8 Å². The molecule has 0 heterocycles. The van der Waals surface area contributed by atoms with Gasteiger partial charge in [-0.05, 0) is 79.1 Å². The number of carbonyl (C=O) groups is 1. The van der Waals surface area contributed by atoms with Gasteiger partial charge in [-0.25, -0.2) is 4.79 Å². The fraction of sp³-hybridized carbons (Fsp3) is 0.281. The maximum Gasteiger partial charge on any atom is 0.330 e. The van der Waals surface area contributed by atoms with Crippen LogP contribution in [0.2, 0.25) is 0 Å². The van der Waals surface area contributed by atoms with Gasteiger partial charge in [-0.1, -0.05) is 50.3 Å². The van der Waals surface area contributed by atoms with Gasteiger partial charge in [-0.2, -0.15) is 0 Å². The smallest absolute Gasteiger partial charge is 0.330 e. The Labute approximate surface area is 220 Å². The summed E-state index contributed by atoms with van der Waals surface area (Å²) in [4.78, 5) is 11.0. The van der Waals surface area contributed by atoms with Crippen LogP contribution in [0.4, 0.5) is 0 Å². The maximum atomic E-state index is 11.0. The van der Waals surface area contributed by atoms with Gasteiger partial charge in [0.15, 0.2) is 0 Å². The predicted molar refractivity (Wildman–Crippen MR) is 146 cm³/mol. The highest BCUT2D eigenvalue weighted by Gasteiger charge is 2.00. The third-order valence-corrected chi connectivity index (χ3v) is 5.47. The number of carbonyl (C=O) groups excluding carboxylic acids is 1. The molecule has 0 saturated heterocycles. The Morgan fingerprint density at radius 3 is 1.84 bits per heavy atom. The summed E-state index contributed by atoms with van der Waals surface area (Å²) in [5.41, 5.74) is 3.31. The zero-order valence-electron chi connectivity index (χ0n) is 21.4. The summed E-state index contributed by atoms with van der Waals surface area (Å²) < 4.78 is 21.9. The number of hydrogen-bond acceptors (Lipinski definition) is 5. The molecule has 0 atom stereocenters. The minimum Gasteiger partial charge on any atom is -0.493 e. The molecule has 37 heavy (non-hydrogen) atoms. The van der Waals surface area contributed by atoms with Gasteiger partial charge in [0.05, 0.1) is 13.2 Å². The lowest BCUT2D eigenvalue weighted by Crippen LogP contribution is -2.07. The Kier molecular flexibility index (Phi) is 11.7. The Balaban J connectivity index is 1.36. The second-order valence-electron chi connectivity index (χ2n) is 8.38. The molecule has 0 saturated carbocycles. The van der Waals surface area contributed by atoms with Crippen LogP contribution in [-0.4, -0.2) is 26.0 Å². The van der Waals surface area contributed by atoms with E-state index in [-0.39, 0.29) is 6.79 Å².